The molecule has 0 radical (unpaired) electrons. The summed E-state index contributed by atoms with van der Waals surface area (Å²) in [5.74, 6) is 0.629. The summed E-state index contributed by atoms with van der Waals surface area (Å²) in [5, 5.41) is 10.2. The number of carbonyl (C=O) groups is 1. The van der Waals surface area contributed by atoms with Gasteiger partial charge in [0.2, 0.25) is 6.41 Å². The fourth-order valence-electron chi connectivity index (χ4n) is 0.875. The van der Waals surface area contributed by atoms with Crippen LogP contribution in [0.5, 0.6) is 5.75 Å². The second-order valence-corrected chi connectivity index (χ2v) is 2.53. The van der Waals surface area contributed by atoms with E-state index in [2.05, 4.69) is 15.5 Å². The highest BCUT2D eigenvalue weighted by molar-refractivity contribution is 5.47. The van der Waals surface area contributed by atoms with E-state index in [0.29, 0.717) is 17.9 Å². The van der Waals surface area contributed by atoms with Crippen molar-refractivity contribution in [2.24, 2.45) is 0 Å². The van der Waals surface area contributed by atoms with Gasteiger partial charge in [0.15, 0.2) is 0 Å². The Kier molecular flexibility index (Phi) is 3.19. The van der Waals surface area contributed by atoms with Crippen LogP contribution >= 0.6 is 0 Å². The van der Waals surface area contributed by atoms with Gasteiger partial charge < -0.3 is 10.1 Å². The quantitative estimate of drug-likeness (QED) is 0.678. The van der Waals surface area contributed by atoms with E-state index in [4.69, 9.17) is 4.74 Å². The Balaban J connectivity index is 2.81. The summed E-state index contributed by atoms with van der Waals surface area (Å²) in [5.41, 5.74) is 0.673. The minimum Gasteiger partial charge on any atom is -0.495 e. The minimum absolute atomic E-state index is 0.153. The van der Waals surface area contributed by atoms with Crippen molar-refractivity contribution in [3.8, 4) is 5.75 Å². The third kappa shape index (κ3) is 2.40. The predicted octanol–water partition coefficient (Wildman–Crippen LogP) is 0.292. The molecule has 5 nitrogen and oxygen atoms in total. The molecule has 70 valence electrons. The van der Waals surface area contributed by atoms with Crippen LogP contribution in [0.15, 0.2) is 12.3 Å². The van der Waals surface area contributed by atoms with Gasteiger partial charge in [-0.25, -0.2) is 0 Å². The van der Waals surface area contributed by atoms with Crippen molar-refractivity contribution >= 4 is 6.41 Å². The molecule has 1 unspecified atom stereocenters. The lowest BCUT2D eigenvalue weighted by atomic mass is 10.2. The molecule has 0 aliphatic rings. The van der Waals surface area contributed by atoms with Gasteiger partial charge in [-0.15, -0.1) is 0 Å². The summed E-state index contributed by atoms with van der Waals surface area (Å²) in [6.45, 7) is 1.82. The SMILES string of the molecule is COc1cnnc(C(C)NC=O)c1. The fraction of sp³-hybridized carbons (Fsp3) is 0.375. The van der Waals surface area contributed by atoms with Crippen LogP contribution in [0.2, 0.25) is 0 Å². The van der Waals surface area contributed by atoms with E-state index in [1.165, 1.54) is 6.20 Å². The first-order valence-electron chi connectivity index (χ1n) is 3.84. The first-order valence-corrected chi connectivity index (χ1v) is 3.84. The van der Waals surface area contributed by atoms with Crippen LogP contribution in [-0.2, 0) is 4.79 Å². The van der Waals surface area contributed by atoms with Gasteiger partial charge in [-0.05, 0) is 6.92 Å². The number of nitrogens with zero attached hydrogens (tertiary/aromatic N) is 2. The van der Waals surface area contributed by atoms with Crippen molar-refractivity contribution in [2.75, 3.05) is 7.11 Å². The number of ether oxygens (including phenoxy) is 1. The number of amides is 1. The summed E-state index contributed by atoms with van der Waals surface area (Å²) in [7, 11) is 1.55. The van der Waals surface area contributed by atoms with Crippen molar-refractivity contribution in [2.45, 2.75) is 13.0 Å². The van der Waals surface area contributed by atoms with Gasteiger partial charge >= 0.3 is 0 Å². The summed E-state index contributed by atoms with van der Waals surface area (Å²) in [4.78, 5) is 10.2. The molecule has 0 aliphatic carbocycles. The van der Waals surface area contributed by atoms with E-state index in [9.17, 15) is 4.79 Å². The lowest BCUT2D eigenvalue weighted by Gasteiger charge is -2.08. The van der Waals surface area contributed by atoms with E-state index < -0.39 is 0 Å². The maximum Gasteiger partial charge on any atom is 0.207 e. The average Bonchev–Trinajstić information content (AvgIpc) is 2.18. The smallest absolute Gasteiger partial charge is 0.207 e. The number of hydrogen-bond acceptors (Lipinski definition) is 4. The van der Waals surface area contributed by atoms with Crippen molar-refractivity contribution in [3.05, 3.63) is 18.0 Å². The molecule has 1 aromatic heterocycles. The number of nitrogens with one attached hydrogen (secondary N) is 1. The monoisotopic (exact) mass is 181 g/mol. The van der Waals surface area contributed by atoms with Crippen LogP contribution in [0.1, 0.15) is 18.7 Å². The first kappa shape index (κ1) is 9.44. The van der Waals surface area contributed by atoms with Gasteiger partial charge in [0, 0.05) is 6.07 Å². The van der Waals surface area contributed by atoms with Gasteiger partial charge in [-0.1, -0.05) is 0 Å². The number of hydrogen-bond donors (Lipinski definition) is 1. The van der Waals surface area contributed by atoms with E-state index in [1.54, 1.807) is 13.2 Å². The number of aromatic nitrogens is 2. The zero-order chi connectivity index (χ0) is 9.68. The maximum atomic E-state index is 10.2. The largest absolute Gasteiger partial charge is 0.495 e. The normalized spacial score (nSPS) is 11.8. The highest BCUT2D eigenvalue weighted by Gasteiger charge is 2.06. The van der Waals surface area contributed by atoms with Crippen molar-refractivity contribution < 1.29 is 9.53 Å². The molecule has 1 aromatic rings. The van der Waals surface area contributed by atoms with E-state index in [-0.39, 0.29) is 6.04 Å². The van der Waals surface area contributed by atoms with Crippen LogP contribution in [0.3, 0.4) is 0 Å². The Bertz CT molecular complexity index is 290. The van der Waals surface area contributed by atoms with Gasteiger partial charge in [0.25, 0.3) is 0 Å². The highest BCUT2D eigenvalue weighted by Crippen LogP contribution is 2.13. The molecule has 1 rings (SSSR count). The van der Waals surface area contributed by atoms with Crippen molar-refractivity contribution in [1.29, 1.82) is 0 Å². The molecule has 1 amide bonds. The molecule has 0 saturated carbocycles. The molecule has 0 fully saturated rings. The molecule has 0 saturated heterocycles. The molecule has 0 aromatic carbocycles. The second kappa shape index (κ2) is 4.39. The molecule has 1 N–H and O–H groups in total. The molecule has 0 aliphatic heterocycles. The van der Waals surface area contributed by atoms with Crippen molar-refractivity contribution in [1.82, 2.24) is 15.5 Å². The Morgan fingerprint density at radius 2 is 2.46 bits per heavy atom. The standard InChI is InChI=1S/C8H11N3O2/c1-6(9-5-12)8-3-7(13-2)4-10-11-8/h3-6H,1-2H3,(H,9,12). The lowest BCUT2D eigenvalue weighted by molar-refractivity contribution is -0.110. The van der Waals surface area contributed by atoms with Crippen LogP contribution in [0.4, 0.5) is 0 Å². The third-order valence-corrected chi connectivity index (χ3v) is 1.65. The topological polar surface area (TPSA) is 64.1 Å². The Hall–Kier alpha value is -1.65. The van der Waals surface area contributed by atoms with Gasteiger partial charge in [0.1, 0.15) is 5.75 Å². The predicted molar refractivity (Wildman–Crippen MR) is 46.2 cm³/mol. The molecule has 5 heteroatoms. The fourth-order valence-corrected chi connectivity index (χ4v) is 0.875. The first-order chi connectivity index (χ1) is 6.27. The van der Waals surface area contributed by atoms with Crippen LogP contribution in [0, 0.1) is 0 Å². The Morgan fingerprint density at radius 3 is 3.08 bits per heavy atom. The van der Waals surface area contributed by atoms with Crippen LogP contribution in [0.25, 0.3) is 0 Å². The molecule has 1 heterocycles. The molecule has 1 atom stereocenters. The minimum atomic E-state index is -0.153. The highest BCUT2D eigenvalue weighted by atomic mass is 16.5. The maximum absolute atomic E-state index is 10.2. The molecular weight excluding hydrogens is 170 g/mol. The summed E-state index contributed by atoms with van der Waals surface area (Å²) >= 11 is 0. The second-order valence-electron chi connectivity index (χ2n) is 2.53. The van der Waals surface area contributed by atoms with Gasteiger partial charge in [-0.3, -0.25) is 4.79 Å². The molecule has 0 bridgehead atoms. The van der Waals surface area contributed by atoms with E-state index in [0.717, 1.165) is 0 Å². The zero-order valence-corrected chi connectivity index (χ0v) is 7.52. The Morgan fingerprint density at radius 1 is 1.69 bits per heavy atom. The summed E-state index contributed by atoms with van der Waals surface area (Å²) in [6, 6.07) is 1.58. The van der Waals surface area contributed by atoms with Crippen LogP contribution in [-0.4, -0.2) is 23.7 Å². The third-order valence-electron chi connectivity index (χ3n) is 1.65. The van der Waals surface area contributed by atoms with Crippen LogP contribution < -0.4 is 10.1 Å². The van der Waals surface area contributed by atoms with Gasteiger partial charge in [0.05, 0.1) is 25.0 Å². The zero-order valence-electron chi connectivity index (χ0n) is 7.52. The van der Waals surface area contributed by atoms with E-state index >= 15 is 0 Å². The lowest BCUT2D eigenvalue weighted by Crippen LogP contribution is -2.17. The Labute approximate surface area is 76.1 Å². The summed E-state index contributed by atoms with van der Waals surface area (Å²) < 4.78 is 4.96. The molecule has 13 heavy (non-hydrogen) atoms. The average molecular weight is 181 g/mol. The number of rotatable bonds is 4. The number of methoxy groups -OCH3 is 1. The van der Waals surface area contributed by atoms with Crippen molar-refractivity contribution in [3.63, 3.8) is 0 Å². The molecular formula is C8H11N3O2. The van der Waals surface area contributed by atoms with Gasteiger partial charge in [-0.2, -0.15) is 10.2 Å². The van der Waals surface area contributed by atoms with E-state index in [1.807, 2.05) is 6.92 Å². The number of carbonyl (C=O) groups excluding carboxylic acids is 1. The molecule has 0 spiro atoms. The summed E-state index contributed by atoms with van der Waals surface area (Å²) in [6.07, 6.45) is 2.14.